The van der Waals surface area contributed by atoms with Crippen LogP contribution in [0.4, 0.5) is 0 Å². The van der Waals surface area contributed by atoms with Crippen molar-refractivity contribution < 1.29 is 0 Å². The Balaban J connectivity index is 3.11. The minimum Gasteiger partial charge on any atom is -0.255 e. The van der Waals surface area contributed by atoms with E-state index < -0.39 is 0 Å². The van der Waals surface area contributed by atoms with Crippen LogP contribution in [0.2, 0.25) is 0 Å². The van der Waals surface area contributed by atoms with Gasteiger partial charge in [-0.1, -0.05) is 11.3 Å². The Kier molecular flexibility index (Phi) is 1.69. The second kappa shape index (κ2) is 2.32. The second-order valence-electron chi connectivity index (χ2n) is 1.15. The fraction of sp³-hybridized carbons (Fsp3) is 0.333. The smallest absolute Gasteiger partial charge is 0.255 e. The summed E-state index contributed by atoms with van der Waals surface area (Å²) in [5, 5.41) is 3.68. The van der Waals surface area contributed by atoms with Crippen LogP contribution in [-0.2, 0) is 5.88 Å². The normalized spacial score (nSPS) is 9.62. The van der Waals surface area contributed by atoms with Crippen molar-refractivity contribution in [3.8, 4) is 0 Å². The lowest BCUT2D eigenvalue weighted by atomic mass is 11.2. The molecule has 0 fully saturated rings. The highest BCUT2D eigenvalue weighted by Crippen LogP contribution is 1.83. The number of hydrogen-bond acceptors (Lipinski definition) is 4. The molecule has 0 aromatic carbocycles. The summed E-state index contributed by atoms with van der Waals surface area (Å²) < 4.78 is 1.29. The van der Waals surface area contributed by atoms with Crippen molar-refractivity contribution in [3.63, 3.8) is 0 Å². The van der Waals surface area contributed by atoms with Crippen molar-refractivity contribution in [3.05, 3.63) is 15.2 Å². The van der Waals surface area contributed by atoms with Crippen molar-refractivity contribution in [2.45, 2.75) is 5.88 Å². The summed E-state index contributed by atoms with van der Waals surface area (Å²) in [6.45, 7) is 0. The predicted molar refractivity (Wildman–Crippen MR) is 35.4 cm³/mol. The van der Waals surface area contributed by atoms with E-state index in [-0.39, 0.29) is 4.87 Å². The minimum absolute atomic E-state index is 0.0556. The lowest BCUT2D eigenvalue weighted by Gasteiger charge is -1.84. The number of thiol groups is 1. The van der Waals surface area contributed by atoms with Gasteiger partial charge in [0.1, 0.15) is 5.51 Å². The molecule has 0 aliphatic rings. The van der Waals surface area contributed by atoms with E-state index >= 15 is 0 Å². The van der Waals surface area contributed by atoms with Gasteiger partial charge < -0.3 is 0 Å². The summed E-state index contributed by atoms with van der Waals surface area (Å²) in [7, 11) is 0. The molecule has 1 heterocycles. The first-order valence-electron chi connectivity index (χ1n) is 1.96. The van der Waals surface area contributed by atoms with Crippen molar-refractivity contribution in [2.75, 3.05) is 0 Å². The van der Waals surface area contributed by atoms with Crippen molar-refractivity contribution >= 4 is 24.0 Å². The zero-order valence-electron chi connectivity index (χ0n) is 3.94. The van der Waals surface area contributed by atoms with Crippen LogP contribution in [0.1, 0.15) is 0 Å². The van der Waals surface area contributed by atoms with E-state index in [0.717, 1.165) is 11.3 Å². The number of nitrogens with zero attached hydrogens (tertiary/aromatic N) is 2. The van der Waals surface area contributed by atoms with Gasteiger partial charge in [-0.2, -0.15) is 17.7 Å². The average molecular weight is 148 g/mol. The first kappa shape index (κ1) is 5.84. The van der Waals surface area contributed by atoms with Crippen LogP contribution < -0.4 is 4.87 Å². The molecule has 0 radical (unpaired) electrons. The molecule has 44 valence electrons. The molecular weight excluding hydrogens is 144 g/mol. The molecule has 1 aromatic rings. The molecule has 0 saturated carbocycles. The van der Waals surface area contributed by atoms with Gasteiger partial charge in [-0.05, 0) is 0 Å². The highest BCUT2D eigenvalue weighted by Gasteiger charge is 1.90. The topological polar surface area (TPSA) is 34.9 Å². The number of aromatic nitrogens is 2. The lowest BCUT2D eigenvalue weighted by Crippen LogP contribution is -2.11. The summed E-state index contributed by atoms with van der Waals surface area (Å²) >= 11 is 4.93. The van der Waals surface area contributed by atoms with E-state index in [1.165, 1.54) is 10.2 Å². The van der Waals surface area contributed by atoms with Gasteiger partial charge in [0.15, 0.2) is 0 Å². The summed E-state index contributed by atoms with van der Waals surface area (Å²) in [4.78, 5) is 10.5. The first-order valence-corrected chi connectivity index (χ1v) is 3.47. The monoisotopic (exact) mass is 148 g/mol. The summed E-state index contributed by atoms with van der Waals surface area (Å²) in [5.41, 5.74) is 1.50. The largest absolute Gasteiger partial charge is 0.325 e. The van der Waals surface area contributed by atoms with Crippen LogP contribution >= 0.6 is 24.0 Å². The van der Waals surface area contributed by atoms with E-state index in [4.69, 9.17) is 0 Å². The Morgan fingerprint density at radius 1 is 2.00 bits per heavy atom. The summed E-state index contributed by atoms with van der Waals surface area (Å²) in [5.74, 6) is 0.363. The van der Waals surface area contributed by atoms with E-state index in [1.807, 2.05) is 0 Å². The van der Waals surface area contributed by atoms with Gasteiger partial charge in [0.2, 0.25) is 0 Å². The summed E-state index contributed by atoms with van der Waals surface area (Å²) in [6.07, 6.45) is 0. The lowest BCUT2D eigenvalue weighted by molar-refractivity contribution is 0.730. The molecule has 0 amide bonds. The number of rotatable bonds is 1. The molecule has 0 saturated heterocycles. The molecule has 0 aliphatic heterocycles. The van der Waals surface area contributed by atoms with E-state index in [9.17, 15) is 4.79 Å². The molecule has 0 atom stereocenters. The molecule has 0 spiro atoms. The van der Waals surface area contributed by atoms with Crippen LogP contribution in [0.15, 0.2) is 10.3 Å². The molecule has 5 heteroatoms. The maximum Gasteiger partial charge on any atom is 0.325 e. The zero-order valence-corrected chi connectivity index (χ0v) is 5.65. The quantitative estimate of drug-likeness (QED) is 0.577. The minimum atomic E-state index is -0.0556. The third-order valence-electron chi connectivity index (χ3n) is 0.685. The third kappa shape index (κ3) is 0.924. The molecule has 0 aliphatic carbocycles. The molecule has 0 N–H and O–H groups in total. The molecule has 0 unspecified atom stereocenters. The van der Waals surface area contributed by atoms with Gasteiger partial charge in [0.05, 0.1) is 5.88 Å². The molecule has 3 nitrogen and oxygen atoms in total. The Bertz CT molecular complexity index is 215. The van der Waals surface area contributed by atoms with Crippen molar-refractivity contribution in [2.24, 2.45) is 0 Å². The molecule has 8 heavy (non-hydrogen) atoms. The van der Waals surface area contributed by atoms with E-state index in [2.05, 4.69) is 17.7 Å². The van der Waals surface area contributed by atoms with Crippen LogP contribution in [0.3, 0.4) is 0 Å². The van der Waals surface area contributed by atoms with E-state index in [0.29, 0.717) is 5.88 Å². The average Bonchev–Trinajstić information content (AvgIpc) is 2.14. The number of hydrogen-bond donors (Lipinski definition) is 1. The first-order chi connectivity index (χ1) is 3.84. The van der Waals surface area contributed by atoms with Crippen LogP contribution in [-0.4, -0.2) is 9.78 Å². The Hall–Kier alpha value is -0.290. The highest BCUT2D eigenvalue weighted by molar-refractivity contribution is 7.79. The fourth-order valence-electron chi connectivity index (χ4n) is 0.328. The van der Waals surface area contributed by atoms with Gasteiger partial charge in [0.25, 0.3) is 0 Å². The van der Waals surface area contributed by atoms with Gasteiger partial charge in [-0.3, -0.25) is 4.79 Å². The molecule has 1 rings (SSSR count). The molecular formula is C3H4N2OS2. The standard InChI is InChI=1S/C3H4N2OS2/c6-3-5(2-7)4-1-8-3/h1,7H,2H2. The molecule has 1 aromatic heterocycles. The van der Waals surface area contributed by atoms with Gasteiger partial charge in [0, 0.05) is 0 Å². The third-order valence-corrected chi connectivity index (χ3v) is 1.56. The van der Waals surface area contributed by atoms with Gasteiger partial charge in [-0.25, -0.2) is 4.68 Å². The highest BCUT2D eigenvalue weighted by atomic mass is 32.1. The maximum atomic E-state index is 10.5. The van der Waals surface area contributed by atoms with Gasteiger partial charge >= 0.3 is 4.87 Å². The van der Waals surface area contributed by atoms with Crippen molar-refractivity contribution in [1.82, 2.24) is 9.78 Å². The Morgan fingerprint density at radius 3 is 3.00 bits per heavy atom. The fourth-order valence-corrected chi connectivity index (χ4v) is 1.11. The summed E-state index contributed by atoms with van der Waals surface area (Å²) in [6, 6.07) is 0. The van der Waals surface area contributed by atoms with E-state index in [1.54, 1.807) is 0 Å². The van der Waals surface area contributed by atoms with Gasteiger partial charge in [-0.15, -0.1) is 0 Å². The Morgan fingerprint density at radius 2 is 2.75 bits per heavy atom. The van der Waals surface area contributed by atoms with Crippen molar-refractivity contribution in [1.29, 1.82) is 0 Å². The second-order valence-corrected chi connectivity index (χ2v) is 2.22. The molecule has 0 bridgehead atoms. The van der Waals surface area contributed by atoms with Crippen LogP contribution in [0.25, 0.3) is 0 Å². The SMILES string of the molecule is O=c1scnn1CS. The van der Waals surface area contributed by atoms with Crippen LogP contribution in [0, 0.1) is 0 Å². The predicted octanol–water partition coefficient (Wildman–Crippen LogP) is 0.192. The van der Waals surface area contributed by atoms with Crippen LogP contribution in [0.5, 0.6) is 0 Å². The Labute approximate surface area is 55.4 Å². The zero-order chi connectivity index (χ0) is 5.98. The maximum absolute atomic E-state index is 10.5.